The van der Waals surface area contributed by atoms with Crippen molar-refractivity contribution >= 4 is 22.8 Å². The van der Waals surface area contributed by atoms with Gasteiger partial charge in [0.15, 0.2) is 5.78 Å². The zero-order valence-corrected chi connectivity index (χ0v) is 12.7. The predicted molar refractivity (Wildman–Crippen MR) is 92.7 cm³/mol. The maximum Gasteiger partial charge on any atom is 0.271 e. The highest BCUT2D eigenvalue weighted by molar-refractivity contribution is 6.12. The largest absolute Gasteiger partial charge is 0.355 e. The number of ketones is 1. The van der Waals surface area contributed by atoms with Crippen LogP contribution in [0.25, 0.3) is 0 Å². The molecular formula is C19H14N2O3. The molecule has 118 valence electrons. The summed E-state index contributed by atoms with van der Waals surface area (Å²) in [5.74, 6) is -0.107. The standard InChI is InChI=1S/C19H14N2O3/c22-19(14-7-2-1-3-8-14)17-11-4-5-12-18(17)20-15-9-6-10-16(13-15)21(23)24/h1-13,20H. The zero-order chi connectivity index (χ0) is 16.9. The van der Waals surface area contributed by atoms with Gasteiger partial charge in [-0.05, 0) is 18.2 Å². The lowest BCUT2D eigenvalue weighted by atomic mass is 10.0. The molecular weight excluding hydrogens is 304 g/mol. The number of non-ortho nitro benzene ring substituents is 1. The SMILES string of the molecule is O=C(c1ccccc1)c1ccccc1Nc1cccc([N+](=O)[O-])c1. The van der Waals surface area contributed by atoms with E-state index in [9.17, 15) is 14.9 Å². The van der Waals surface area contributed by atoms with E-state index < -0.39 is 4.92 Å². The molecule has 0 saturated heterocycles. The average molecular weight is 318 g/mol. The number of carbonyl (C=O) groups excluding carboxylic acids is 1. The van der Waals surface area contributed by atoms with Crippen LogP contribution < -0.4 is 5.32 Å². The molecule has 0 atom stereocenters. The first-order valence-electron chi connectivity index (χ1n) is 7.35. The molecule has 1 N–H and O–H groups in total. The lowest BCUT2D eigenvalue weighted by molar-refractivity contribution is -0.384. The van der Waals surface area contributed by atoms with Gasteiger partial charge in [-0.25, -0.2) is 0 Å². The Morgan fingerprint density at radius 1 is 0.875 bits per heavy atom. The van der Waals surface area contributed by atoms with Crippen LogP contribution in [0.15, 0.2) is 78.9 Å². The molecule has 24 heavy (non-hydrogen) atoms. The van der Waals surface area contributed by atoms with Crippen molar-refractivity contribution in [3.8, 4) is 0 Å². The summed E-state index contributed by atoms with van der Waals surface area (Å²) in [5, 5.41) is 14.0. The van der Waals surface area contributed by atoms with Gasteiger partial charge in [-0.2, -0.15) is 0 Å². The summed E-state index contributed by atoms with van der Waals surface area (Å²) in [7, 11) is 0. The first-order chi connectivity index (χ1) is 11.6. The van der Waals surface area contributed by atoms with E-state index in [-0.39, 0.29) is 11.5 Å². The van der Waals surface area contributed by atoms with E-state index >= 15 is 0 Å². The van der Waals surface area contributed by atoms with E-state index in [1.165, 1.54) is 12.1 Å². The minimum absolute atomic E-state index is 0.00753. The van der Waals surface area contributed by atoms with Gasteiger partial charge in [-0.15, -0.1) is 0 Å². The van der Waals surface area contributed by atoms with E-state index in [0.29, 0.717) is 22.5 Å². The fourth-order valence-corrected chi connectivity index (χ4v) is 2.39. The minimum atomic E-state index is -0.452. The molecule has 5 heteroatoms. The number of nitrogens with zero attached hydrogens (tertiary/aromatic N) is 1. The third-order valence-corrected chi connectivity index (χ3v) is 3.54. The van der Waals surface area contributed by atoms with Crippen LogP contribution in [0.3, 0.4) is 0 Å². The van der Waals surface area contributed by atoms with Crippen LogP contribution in [0.4, 0.5) is 17.1 Å². The van der Waals surface area contributed by atoms with Crippen molar-refractivity contribution in [2.45, 2.75) is 0 Å². The van der Waals surface area contributed by atoms with Gasteiger partial charge in [-0.3, -0.25) is 14.9 Å². The van der Waals surface area contributed by atoms with Crippen molar-refractivity contribution in [2.24, 2.45) is 0 Å². The summed E-state index contributed by atoms with van der Waals surface area (Å²) >= 11 is 0. The van der Waals surface area contributed by atoms with E-state index in [0.717, 1.165) is 0 Å². The number of hydrogen-bond donors (Lipinski definition) is 1. The number of hydrogen-bond acceptors (Lipinski definition) is 4. The Morgan fingerprint density at radius 2 is 1.58 bits per heavy atom. The number of nitrogens with one attached hydrogen (secondary N) is 1. The van der Waals surface area contributed by atoms with Crippen molar-refractivity contribution in [1.82, 2.24) is 0 Å². The molecule has 0 amide bonds. The molecule has 0 aliphatic heterocycles. The average Bonchev–Trinajstić information content (AvgIpc) is 2.62. The fourth-order valence-electron chi connectivity index (χ4n) is 2.39. The zero-order valence-electron chi connectivity index (χ0n) is 12.7. The van der Waals surface area contributed by atoms with E-state index in [4.69, 9.17) is 0 Å². The number of carbonyl (C=O) groups is 1. The molecule has 0 spiro atoms. The van der Waals surface area contributed by atoms with Crippen molar-refractivity contribution in [2.75, 3.05) is 5.32 Å². The van der Waals surface area contributed by atoms with Crippen LogP contribution in [0, 0.1) is 10.1 Å². The molecule has 0 radical (unpaired) electrons. The molecule has 0 unspecified atom stereocenters. The number of rotatable bonds is 5. The molecule has 0 heterocycles. The second-order valence-electron chi connectivity index (χ2n) is 5.17. The monoisotopic (exact) mass is 318 g/mol. The Balaban J connectivity index is 1.94. The highest BCUT2D eigenvalue weighted by atomic mass is 16.6. The molecule has 3 rings (SSSR count). The van der Waals surface area contributed by atoms with Crippen LogP contribution in [0.5, 0.6) is 0 Å². The molecule has 0 bridgehead atoms. The van der Waals surface area contributed by atoms with Crippen LogP contribution in [0.1, 0.15) is 15.9 Å². The Bertz CT molecular complexity index is 892. The molecule has 3 aromatic carbocycles. The molecule has 0 aliphatic rings. The fraction of sp³-hybridized carbons (Fsp3) is 0. The Kier molecular flexibility index (Phi) is 4.34. The van der Waals surface area contributed by atoms with Crippen molar-refractivity contribution in [3.63, 3.8) is 0 Å². The third-order valence-electron chi connectivity index (χ3n) is 3.54. The van der Waals surface area contributed by atoms with Crippen LogP contribution in [-0.4, -0.2) is 10.7 Å². The lowest BCUT2D eigenvalue weighted by Crippen LogP contribution is -2.05. The maximum absolute atomic E-state index is 12.7. The van der Waals surface area contributed by atoms with Gasteiger partial charge in [-0.1, -0.05) is 48.5 Å². The molecule has 0 aromatic heterocycles. The van der Waals surface area contributed by atoms with Gasteiger partial charge in [0.05, 0.1) is 4.92 Å². The first kappa shape index (κ1) is 15.4. The van der Waals surface area contributed by atoms with Gasteiger partial charge >= 0.3 is 0 Å². The Hall–Kier alpha value is -3.47. The number of benzene rings is 3. The summed E-state index contributed by atoms with van der Waals surface area (Å²) in [6.45, 7) is 0. The van der Waals surface area contributed by atoms with Gasteiger partial charge in [0, 0.05) is 34.6 Å². The number of nitro benzene ring substituents is 1. The normalized spacial score (nSPS) is 10.2. The van der Waals surface area contributed by atoms with Crippen molar-refractivity contribution < 1.29 is 9.72 Å². The van der Waals surface area contributed by atoms with Crippen LogP contribution in [0.2, 0.25) is 0 Å². The maximum atomic E-state index is 12.7. The van der Waals surface area contributed by atoms with Crippen LogP contribution in [-0.2, 0) is 0 Å². The highest BCUT2D eigenvalue weighted by Crippen LogP contribution is 2.25. The van der Waals surface area contributed by atoms with Crippen molar-refractivity contribution in [3.05, 3.63) is 100 Å². The summed E-state index contributed by atoms with van der Waals surface area (Å²) in [6, 6.07) is 22.3. The van der Waals surface area contributed by atoms with Gasteiger partial charge in [0.2, 0.25) is 0 Å². The number of anilines is 2. The third kappa shape index (κ3) is 3.30. The molecule has 0 aliphatic carbocycles. The molecule has 0 fully saturated rings. The summed E-state index contributed by atoms with van der Waals surface area (Å²) in [4.78, 5) is 23.1. The quantitative estimate of drug-likeness (QED) is 0.425. The van der Waals surface area contributed by atoms with E-state index in [1.807, 2.05) is 24.3 Å². The summed E-state index contributed by atoms with van der Waals surface area (Å²) in [6.07, 6.45) is 0. The van der Waals surface area contributed by atoms with Gasteiger partial charge in [0.25, 0.3) is 5.69 Å². The van der Waals surface area contributed by atoms with Crippen LogP contribution >= 0.6 is 0 Å². The molecule has 5 nitrogen and oxygen atoms in total. The predicted octanol–water partition coefficient (Wildman–Crippen LogP) is 4.57. The number of nitro groups is 1. The molecule has 0 saturated carbocycles. The van der Waals surface area contributed by atoms with Crippen molar-refractivity contribution in [1.29, 1.82) is 0 Å². The topological polar surface area (TPSA) is 72.2 Å². The van der Waals surface area contributed by atoms with E-state index in [2.05, 4.69) is 5.32 Å². The number of para-hydroxylation sites is 1. The lowest BCUT2D eigenvalue weighted by Gasteiger charge is -2.11. The highest BCUT2D eigenvalue weighted by Gasteiger charge is 2.14. The summed E-state index contributed by atoms with van der Waals surface area (Å²) < 4.78 is 0. The van der Waals surface area contributed by atoms with Gasteiger partial charge in [0.1, 0.15) is 0 Å². The minimum Gasteiger partial charge on any atom is -0.355 e. The summed E-state index contributed by atoms with van der Waals surface area (Å²) in [5.41, 5.74) is 2.25. The first-order valence-corrected chi connectivity index (χ1v) is 7.35. The smallest absolute Gasteiger partial charge is 0.271 e. The molecule has 3 aromatic rings. The Morgan fingerprint density at radius 3 is 2.33 bits per heavy atom. The second-order valence-corrected chi connectivity index (χ2v) is 5.17. The Labute approximate surface area is 138 Å². The van der Waals surface area contributed by atoms with E-state index in [1.54, 1.807) is 42.5 Å². The second kappa shape index (κ2) is 6.75. The van der Waals surface area contributed by atoms with Gasteiger partial charge < -0.3 is 5.32 Å².